The number of aromatic nitrogens is 2. The Balaban J connectivity index is 2.10. The molecule has 1 N–H and O–H groups in total. The second-order valence-corrected chi connectivity index (χ2v) is 7.88. The summed E-state index contributed by atoms with van der Waals surface area (Å²) in [5.74, 6) is -1.27. The predicted molar refractivity (Wildman–Crippen MR) is 103 cm³/mol. The average Bonchev–Trinajstić information content (AvgIpc) is 2.94. The highest BCUT2D eigenvalue weighted by atomic mass is 19.1. The molecule has 0 spiro atoms. The summed E-state index contributed by atoms with van der Waals surface area (Å²) in [6, 6.07) is 5.35. The number of ether oxygens (including phenoxy) is 1. The van der Waals surface area contributed by atoms with Gasteiger partial charge in [0.25, 0.3) is 5.91 Å². The molecular formula is C21H24FN3O3. The summed E-state index contributed by atoms with van der Waals surface area (Å²) >= 11 is 0. The monoisotopic (exact) mass is 385 g/mol. The van der Waals surface area contributed by atoms with E-state index in [0.29, 0.717) is 17.8 Å². The molecule has 1 aromatic heterocycles. The van der Waals surface area contributed by atoms with Gasteiger partial charge in [-0.3, -0.25) is 9.89 Å². The maximum Gasteiger partial charge on any atom is 0.342 e. The SMILES string of the molecule is Cc1n[nH]c2c1C(C)(C)CN(C(=O)c1ccc(F)cc1)C=C2C(=O)OC(C)C. The number of esters is 1. The molecule has 1 aromatic carbocycles. The van der Waals surface area contributed by atoms with Crippen molar-refractivity contribution in [3.63, 3.8) is 0 Å². The molecule has 3 rings (SSSR count). The van der Waals surface area contributed by atoms with E-state index in [4.69, 9.17) is 4.74 Å². The number of carbonyl (C=O) groups is 2. The minimum Gasteiger partial charge on any atom is -0.459 e. The van der Waals surface area contributed by atoms with Crippen LogP contribution in [-0.4, -0.2) is 39.6 Å². The first-order valence-electron chi connectivity index (χ1n) is 9.15. The second kappa shape index (κ2) is 7.22. The van der Waals surface area contributed by atoms with Crippen LogP contribution in [0.25, 0.3) is 5.57 Å². The Bertz CT molecular complexity index is 942. The Kier molecular flexibility index (Phi) is 5.10. The van der Waals surface area contributed by atoms with Crippen LogP contribution in [0.3, 0.4) is 0 Å². The van der Waals surface area contributed by atoms with Crippen LogP contribution in [0, 0.1) is 12.7 Å². The summed E-state index contributed by atoms with van der Waals surface area (Å²) < 4.78 is 18.6. The molecule has 0 aliphatic carbocycles. The number of benzene rings is 1. The highest BCUT2D eigenvalue weighted by Crippen LogP contribution is 2.36. The first-order valence-corrected chi connectivity index (χ1v) is 9.15. The van der Waals surface area contributed by atoms with Crippen LogP contribution >= 0.6 is 0 Å². The van der Waals surface area contributed by atoms with Gasteiger partial charge >= 0.3 is 5.97 Å². The lowest BCUT2D eigenvalue weighted by molar-refractivity contribution is -0.140. The number of hydrogen-bond acceptors (Lipinski definition) is 4. The number of halogens is 1. The van der Waals surface area contributed by atoms with Gasteiger partial charge in [-0.2, -0.15) is 5.10 Å². The van der Waals surface area contributed by atoms with Crippen molar-refractivity contribution in [3.8, 4) is 0 Å². The fraction of sp³-hybridized carbons (Fsp3) is 0.381. The average molecular weight is 385 g/mol. The van der Waals surface area contributed by atoms with Crippen molar-refractivity contribution in [2.75, 3.05) is 6.54 Å². The Hall–Kier alpha value is -2.96. The molecule has 0 radical (unpaired) electrons. The number of fused-ring (bicyclic) bond motifs is 1. The summed E-state index contributed by atoms with van der Waals surface area (Å²) in [7, 11) is 0. The van der Waals surface area contributed by atoms with E-state index in [1.807, 2.05) is 20.8 Å². The Morgan fingerprint density at radius 1 is 1.25 bits per heavy atom. The molecule has 0 atom stereocenters. The molecule has 1 aliphatic rings. The molecule has 1 amide bonds. The Morgan fingerprint density at radius 3 is 2.50 bits per heavy atom. The number of nitrogens with zero attached hydrogens (tertiary/aromatic N) is 2. The van der Waals surface area contributed by atoms with E-state index in [2.05, 4.69) is 10.2 Å². The van der Waals surface area contributed by atoms with E-state index >= 15 is 0 Å². The molecule has 0 saturated carbocycles. The molecule has 1 aliphatic heterocycles. The third-order valence-electron chi connectivity index (χ3n) is 4.66. The number of carbonyl (C=O) groups excluding carboxylic acids is 2. The first-order chi connectivity index (χ1) is 13.1. The van der Waals surface area contributed by atoms with Crippen LogP contribution in [0.1, 0.15) is 55.0 Å². The molecule has 0 fully saturated rings. The van der Waals surface area contributed by atoms with Gasteiger partial charge in [0.2, 0.25) is 0 Å². The zero-order valence-electron chi connectivity index (χ0n) is 16.7. The van der Waals surface area contributed by atoms with Crippen molar-refractivity contribution in [1.82, 2.24) is 15.1 Å². The molecule has 0 unspecified atom stereocenters. The van der Waals surface area contributed by atoms with Crippen LogP contribution in [0.15, 0.2) is 30.5 Å². The van der Waals surface area contributed by atoms with Crippen LogP contribution in [0.4, 0.5) is 4.39 Å². The van der Waals surface area contributed by atoms with Crippen molar-refractivity contribution in [2.24, 2.45) is 0 Å². The van der Waals surface area contributed by atoms with E-state index in [0.717, 1.165) is 11.3 Å². The van der Waals surface area contributed by atoms with Gasteiger partial charge in [0, 0.05) is 29.3 Å². The van der Waals surface area contributed by atoms with Gasteiger partial charge in [-0.25, -0.2) is 9.18 Å². The topological polar surface area (TPSA) is 75.3 Å². The van der Waals surface area contributed by atoms with Crippen molar-refractivity contribution in [2.45, 2.75) is 46.1 Å². The van der Waals surface area contributed by atoms with Crippen LogP contribution in [-0.2, 0) is 14.9 Å². The van der Waals surface area contributed by atoms with Crippen molar-refractivity contribution < 1.29 is 18.7 Å². The zero-order valence-corrected chi connectivity index (χ0v) is 16.7. The number of nitrogens with one attached hydrogen (secondary N) is 1. The van der Waals surface area contributed by atoms with Crippen LogP contribution in [0.5, 0.6) is 0 Å². The van der Waals surface area contributed by atoms with Gasteiger partial charge in [-0.15, -0.1) is 0 Å². The zero-order chi connectivity index (χ0) is 20.6. The Morgan fingerprint density at radius 2 is 1.89 bits per heavy atom. The lowest BCUT2D eigenvalue weighted by atomic mass is 9.82. The summed E-state index contributed by atoms with van der Waals surface area (Å²) in [4.78, 5) is 27.3. The number of aryl methyl sites for hydroxylation is 1. The highest BCUT2D eigenvalue weighted by Gasteiger charge is 2.37. The van der Waals surface area contributed by atoms with E-state index in [-0.39, 0.29) is 17.6 Å². The van der Waals surface area contributed by atoms with E-state index in [1.54, 1.807) is 13.8 Å². The van der Waals surface area contributed by atoms with Gasteiger partial charge in [-0.05, 0) is 45.0 Å². The number of H-pyrrole nitrogens is 1. The standard InChI is InChI=1S/C21H24FN3O3/c1-12(2)28-20(27)16-10-25(19(26)14-6-8-15(22)9-7-14)11-21(4,5)17-13(3)23-24-18(16)17/h6-10,12H,11H2,1-5H3,(H,23,24). The van der Waals surface area contributed by atoms with Gasteiger partial charge in [-0.1, -0.05) is 13.8 Å². The van der Waals surface area contributed by atoms with Crippen LogP contribution in [0.2, 0.25) is 0 Å². The number of rotatable bonds is 3. The number of hydrogen-bond donors (Lipinski definition) is 1. The number of amides is 1. The third-order valence-corrected chi connectivity index (χ3v) is 4.66. The lowest BCUT2D eigenvalue weighted by Crippen LogP contribution is -2.37. The summed E-state index contributed by atoms with van der Waals surface area (Å²) in [5.41, 5.74) is 2.30. The summed E-state index contributed by atoms with van der Waals surface area (Å²) in [6.07, 6.45) is 1.19. The fourth-order valence-electron chi connectivity index (χ4n) is 3.55. The van der Waals surface area contributed by atoms with Crippen molar-refractivity contribution >= 4 is 17.4 Å². The lowest BCUT2D eigenvalue weighted by Gasteiger charge is -2.29. The molecule has 2 aromatic rings. The summed E-state index contributed by atoms with van der Waals surface area (Å²) in [6.45, 7) is 9.70. The molecule has 2 heterocycles. The quantitative estimate of drug-likeness (QED) is 0.820. The van der Waals surface area contributed by atoms with Gasteiger partial charge < -0.3 is 9.64 Å². The highest BCUT2D eigenvalue weighted by molar-refractivity contribution is 6.17. The van der Waals surface area contributed by atoms with Crippen LogP contribution < -0.4 is 0 Å². The van der Waals surface area contributed by atoms with E-state index < -0.39 is 17.2 Å². The van der Waals surface area contributed by atoms with E-state index in [9.17, 15) is 14.0 Å². The minimum absolute atomic E-state index is 0.241. The largest absolute Gasteiger partial charge is 0.459 e. The molecule has 6 nitrogen and oxygen atoms in total. The third kappa shape index (κ3) is 3.69. The van der Waals surface area contributed by atoms with Crippen molar-refractivity contribution in [3.05, 3.63) is 58.8 Å². The predicted octanol–water partition coefficient (Wildman–Crippen LogP) is 3.58. The number of aromatic amines is 1. The fourth-order valence-corrected chi connectivity index (χ4v) is 3.55. The first kappa shape index (κ1) is 19.8. The maximum atomic E-state index is 13.2. The molecule has 148 valence electrons. The van der Waals surface area contributed by atoms with E-state index in [1.165, 1.54) is 35.4 Å². The Labute approximate surface area is 163 Å². The molecule has 0 bridgehead atoms. The summed E-state index contributed by atoms with van der Waals surface area (Å²) in [5, 5.41) is 7.19. The molecule has 0 saturated heterocycles. The minimum atomic E-state index is -0.533. The normalized spacial score (nSPS) is 15.7. The molecule has 28 heavy (non-hydrogen) atoms. The molecular weight excluding hydrogens is 361 g/mol. The van der Waals surface area contributed by atoms with Gasteiger partial charge in [0.05, 0.1) is 17.5 Å². The van der Waals surface area contributed by atoms with Gasteiger partial charge in [0.15, 0.2) is 0 Å². The second-order valence-electron chi connectivity index (χ2n) is 7.88. The van der Waals surface area contributed by atoms with Crippen molar-refractivity contribution in [1.29, 1.82) is 0 Å². The maximum absolute atomic E-state index is 13.2. The van der Waals surface area contributed by atoms with Gasteiger partial charge in [0.1, 0.15) is 11.4 Å². The smallest absolute Gasteiger partial charge is 0.342 e. The molecule has 7 heteroatoms.